The van der Waals surface area contributed by atoms with Crippen molar-refractivity contribution >= 4 is 32.5 Å². The number of fused-ring (bicyclic) bond motifs is 1. The summed E-state index contributed by atoms with van der Waals surface area (Å²) in [6.45, 7) is 11.0. The number of hydrogen-bond acceptors (Lipinski definition) is 4. The van der Waals surface area contributed by atoms with E-state index in [1.54, 1.807) is 45.0 Å². The molecule has 0 unspecified atom stereocenters. The number of nitrogens with one attached hydrogen (secondary N) is 1. The van der Waals surface area contributed by atoms with E-state index in [0.717, 1.165) is 10.9 Å². The van der Waals surface area contributed by atoms with Crippen LogP contribution in [0.5, 0.6) is 5.75 Å². The van der Waals surface area contributed by atoms with E-state index in [9.17, 15) is 18.3 Å². The van der Waals surface area contributed by atoms with Gasteiger partial charge in [-0.25, -0.2) is 0 Å². The fourth-order valence-electron chi connectivity index (χ4n) is 3.05. The Morgan fingerprint density at radius 3 is 2.03 bits per heavy atom. The first-order valence-electron chi connectivity index (χ1n) is 11.1. The largest absolute Gasteiger partial charge is 0.507 e. The zero-order valence-electron chi connectivity index (χ0n) is 20.2. The van der Waals surface area contributed by atoms with Gasteiger partial charge >= 0.3 is 0 Å². The number of aryl methyl sites for hydroxylation is 1. The normalized spacial score (nSPS) is 11.0. The van der Waals surface area contributed by atoms with Gasteiger partial charge < -0.3 is 10.4 Å². The molecule has 3 rings (SSSR count). The van der Waals surface area contributed by atoms with Gasteiger partial charge in [-0.1, -0.05) is 64.1 Å². The maximum atomic E-state index is 12.2. The number of hydrogen-bond donors (Lipinski definition) is 3. The zero-order chi connectivity index (χ0) is 25.2. The highest BCUT2D eigenvalue weighted by Gasteiger charge is 2.33. The topological polar surface area (TPSA) is 104 Å². The smallest absolute Gasteiger partial charge is 0.270 e. The van der Waals surface area contributed by atoms with Gasteiger partial charge in [-0.05, 0) is 61.9 Å². The Kier molecular flexibility index (Phi) is 10.5. The minimum atomic E-state index is -3.86. The number of carbonyl (C=O) groups excluding carboxylic acids is 1. The molecule has 33 heavy (non-hydrogen) atoms. The van der Waals surface area contributed by atoms with E-state index in [0.29, 0.717) is 29.5 Å². The standard InChI is InChI=1S/C18H15NO2.C6H14O3S.C2H6/c1-12-10-14-8-5-9-15(17(14)16(20)11-12)19-18(21)13-6-3-2-4-7-13;1-4-6(3,5-2)10(7,8)9;1-2/h2-11,20H,1H3,(H,19,21);4-5H2,1-3H3,(H,7,8,9);1-2H3. The lowest BCUT2D eigenvalue weighted by molar-refractivity contribution is 0.102. The van der Waals surface area contributed by atoms with Crippen LogP contribution in [-0.4, -0.2) is 28.7 Å². The van der Waals surface area contributed by atoms with Gasteiger partial charge in [0.15, 0.2) is 0 Å². The van der Waals surface area contributed by atoms with Crippen molar-refractivity contribution < 1.29 is 22.9 Å². The maximum Gasteiger partial charge on any atom is 0.270 e. The summed E-state index contributed by atoms with van der Waals surface area (Å²) in [5.74, 6) is -0.0166. The van der Waals surface area contributed by atoms with Crippen LogP contribution in [0.3, 0.4) is 0 Å². The number of carbonyl (C=O) groups is 1. The predicted octanol–water partition coefficient (Wildman–Crippen LogP) is 6.59. The third kappa shape index (κ3) is 7.30. The van der Waals surface area contributed by atoms with Gasteiger partial charge in [0, 0.05) is 10.9 Å². The van der Waals surface area contributed by atoms with Gasteiger partial charge in [0.2, 0.25) is 0 Å². The quantitative estimate of drug-likeness (QED) is 0.363. The lowest BCUT2D eigenvalue weighted by Gasteiger charge is -2.21. The molecule has 1 amide bonds. The molecule has 3 N–H and O–H groups in total. The van der Waals surface area contributed by atoms with E-state index in [2.05, 4.69) is 5.32 Å². The molecule has 0 fully saturated rings. The number of aromatic hydroxyl groups is 1. The van der Waals surface area contributed by atoms with Crippen LogP contribution in [0, 0.1) is 6.92 Å². The van der Waals surface area contributed by atoms with Gasteiger partial charge in [0.1, 0.15) is 5.75 Å². The molecule has 0 heterocycles. The van der Waals surface area contributed by atoms with E-state index in [1.807, 2.05) is 57.2 Å². The van der Waals surface area contributed by atoms with Crippen LogP contribution < -0.4 is 5.32 Å². The predicted molar refractivity (Wildman–Crippen MR) is 137 cm³/mol. The summed E-state index contributed by atoms with van der Waals surface area (Å²) in [6, 6.07) is 18.3. The lowest BCUT2D eigenvalue weighted by Crippen LogP contribution is -2.33. The monoisotopic (exact) mass is 473 g/mol. The molecule has 0 bridgehead atoms. The van der Waals surface area contributed by atoms with Crippen molar-refractivity contribution in [1.82, 2.24) is 0 Å². The third-order valence-electron chi connectivity index (χ3n) is 5.50. The van der Waals surface area contributed by atoms with Crippen molar-refractivity contribution in [3.05, 3.63) is 71.8 Å². The third-order valence-corrected chi connectivity index (χ3v) is 7.33. The molecule has 0 aromatic heterocycles. The van der Waals surface area contributed by atoms with Gasteiger partial charge in [0.25, 0.3) is 16.0 Å². The van der Waals surface area contributed by atoms with Crippen molar-refractivity contribution in [2.75, 3.05) is 5.32 Å². The van der Waals surface area contributed by atoms with Crippen molar-refractivity contribution in [2.45, 2.75) is 59.1 Å². The van der Waals surface area contributed by atoms with E-state index >= 15 is 0 Å². The summed E-state index contributed by atoms with van der Waals surface area (Å²) in [6.07, 6.45) is 0.894. The molecule has 0 radical (unpaired) electrons. The Labute approximate surface area is 197 Å². The highest BCUT2D eigenvalue weighted by atomic mass is 32.2. The van der Waals surface area contributed by atoms with Crippen LogP contribution >= 0.6 is 0 Å². The van der Waals surface area contributed by atoms with Crippen LogP contribution in [0.4, 0.5) is 5.69 Å². The zero-order valence-corrected chi connectivity index (χ0v) is 21.0. The Balaban J connectivity index is 0.000000386. The molecule has 0 aliphatic rings. The molecule has 0 aliphatic carbocycles. The van der Waals surface area contributed by atoms with Gasteiger partial charge in [-0.2, -0.15) is 8.42 Å². The second kappa shape index (κ2) is 12.4. The number of rotatable bonds is 5. The molecule has 0 saturated heterocycles. The molecule has 0 atom stereocenters. The highest BCUT2D eigenvalue weighted by Crippen LogP contribution is 2.33. The van der Waals surface area contributed by atoms with Crippen LogP contribution in [0.1, 0.15) is 63.4 Å². The van der Waals surface area contributed by atoms with Crippen molar-refractivity contribution in [2.24, 2.45) is 0 Å². The van der Waals surface area contributed by atoms with Crippen molar-refractivity contribution in [3.63, 3.8) is 0 Å². The van der Waals surface area contributed by atoms with Crippen molar-refractivity contribution in [1.29, 1.82) is 0 Å². The van der Waals surface area contributed by atoms with Gasteiger partial charge in [-0.15, -0.1) is 0 Å². The fourth-order valence-corrected chi connectivity index (χ4v) is 3.78. The summed E-state index contributed by atoms with van der Waals surface area (Å²) < 4.78 is 29.1. The first-order valence-corrected chi connectivity index (χ1v) is 12.5. The first kappa shape index (κ1) is 28.1. The van der Waals surface area contributed by atoms with E-state index in [1.165, 1.54) is 0 Å². The first-order chi connectivity index (χ1) is 15.5. The molecule has 6 nitrogen and oxygen atoms in total. The summed E-state index contributed by atoms with van der Waals surface area (Å²) >= 11 is 0. The summed E-state index contributed by atoms with van der Waals surface area (Å²) in [5, 5.41) is 14.6. The van der Waals surface area contributed by atoms with Crippen LogP contribution in [-0.2, 0) is 10.1 Å². The molecular weight excluding hydrogens is 438 g/mol. The molecule has 0 saturated carbocycles. The highest BCUT2D eigenvalue weighted by molar-refractivity contribution is 7.87. The van der Waals surface area contributed by atoms with Crippen LogP contribution in [0.2, 0.25) is 0 Å². The summed E-state index contributed by atoms with van der Waals surface area (Å²) in [5.41, 5.74) is 2.17. The molecule has 0 aliphatic heterocycles. The minimum Gasteiger partial charge on any atom is -0.507 e. The molecule has 3 aromatic carbocycles. The average molecular weight is 474 g/mol. The number of benzene rings is 3. The number of phenolic OH excluding ortho intramolecular Hbond substituents is 1. The van der Waals surface area contributed by atoms with Gasteiger partial charge in [-0.3, -0.25) is 9.35 Å². The second-order valence-electron chi connectivity index (χ2n) is 7.64. The SMILES string of the molecule is CC.CCC(C)(CC)S(=O)(=O)O.Cc1cc(O)c2c(NC(=O)c3ccccc3)cccc2c1. The molecular formula is C26H35NO5S. The van der Waals surface area contributed by atoms with Crippen LogP contribution in [0.25, 0.3) is 10.8 Å². The molecule has 180 valence electrons. The fraction of sp³-hybridized carbons (Fsp3) is 0.346. The van der Waals surface area contributed by atoms with E-state index in [-0.39, 0.29) is 11.7 Å². The van der Waals surface area contributed by atoms with Crippen molar-refractivity contribution in [3.8, 4) is 5.75 Å². The average Bonchev–Trinajstić information content (AvgIpc) is 2.79. The summed E-state index contributed by atoms with van der Waals surface area (Å²) in [7, 11) is -3.86. The molecule has 7 heteroatoms. The number of phenols is 1. The molecule has 0 spiro atoms. The Hall–Kier alpha value is -2.90. The minimum absolute atomic E-state index is 0.175. The Morgan fingerprint density at radius 1 is 0.970 bits per heavy atom. The Morgan fingerprint density at radius 2 is 1.55 bits per heavy atom. The summed E-state index contributed by atoms with van der Waals surface area (Å²) in [4.78, 5) is 12.2. The second-order valence-corrected chi connectivity index (χ2v) is 9.58. The van der Waals surface area contributed by atoms with E-state index in [4.69, 9.17) is 4.55 Å². The lowest BCUT2D eigenvalue weighted by atomic mass is 10.0. The number of anilines is 1. The molecule has 3 aromatic rings. The Bertz CT molecular complexity index is 1150. The van der Waals surface area contributed by atoms with Gasteiger partial charge in [0.05, 0.1) is 10.4 Å². The maximum absolute atomic E-state index is 12.2. The number of amides is 1. The van der Waals surface area contributed by atoms with Crippen LogP contribution in [0.15, 0.2) is 60.7 Å². The van der Waals surface area contributed by atoms with E-state index < -0.39 is 14.9 Å².